The Morgan fingerprint density at radius 3 is 2.11 bits per heavy atom. The van der Waals surface area contributed by atoms with Gasteiger partial charge in [0.05, 0.1) is 0 Å². The van der Waals surface area contributed by atoms with E-state index in [0.717, 1.165) is 0 Å². The van der Waals surface area contributed by atoms with Gasteiger partial charge in [0, 0.05) is 29.1 Å². The van der Waals surface area contributed by atoms with E-state index in [9.17, 15) is 17.7 Å². The predicted molar refractivity (Wildman–Crippen MR) is 70.3 cm³/mol. The van der Waals surface area contributed by atoms with Crippen LogP contribution in [-0.4, -0.2) is 9.30 Å². The number of nitrogens with one attached hydrogen (secondary N) is 1. The molecule has 0 amide bonds. The third-order valence-electron chi connectivity index (χ3n) is 2.38. The molecular weight excluding hydrogens is 275 g/mol. The molecular formula is C13H16F3NOS. The number of hydrogen-bond acceptors (Lipinski definition) is 2. The normalized spacial score (nSPS) is 15.1. The van der Waals surface area contributed by atoms with E-state index in [1.165, 1.54) is 6.08 Å². The summed E-state index contributed by atoms with van der Waals surface area (Å²) in [7, 11) is 0. The van der Waals surface area contributed by atoms with E-state index in [0.29, 0.717) is 12.1 Å². The molecule has 0 aliphatic carbocycles. The molecule has 0 aliphatic heterocycles. The molecule has 1 rings (SSSR count). The Kier molecular flexibility index (Phi) is 5.06. The molecule has 6 heteroatoms. The second-order valence-electron chi connectivity index (χ2n) is 5.00. The van der Waals surface area contributed by atoms with E-state index in [4.69, 9.17) is 0 Å². The van der Waals surface area contributed by atoms with Crippen LogP contribution in [0.5, 0.6) is 0 Å². The van der Waals surface area contributed by atoms with Crippen molar-refractivity contribution in [3.63, 3.8) is 0 Å². The van der Waals surface area contributed by atoms with Gasteiger partial charge in [0.25, 0.3) is 0 Å². The summed E-state index contributed by atoms with van der Waals surface area (Å²) in [5.41, 5.74) is -0.394. The van der Waals surface area contributed by atoms with Gasteiger partial charge in [-0.1, -0.05) is 6.08 Å². The fraction of sp³-hybridized carbons (Fsp3) is 0.385. The standard InChI is InChI=1S/C13H16F3NOS/c1-5-11(17-19(18)13(2,3)4)12-9(15)6-8(14)7-10(12)16/h5-7,11,17H,1H2,2-4H3/t11-,19?/m0/s1. The molecule has 0 fully saturated rings. The minimum atomic E-state index is -1.54. The molecule has 0 bridgehead atoms. The molecule has 0 spiro atoms. The number of hydrogen-bond donors (Lipinski definition) is 1. The first-order valence-electron chi connectivity index (χ1n) is 5.62. The minimum Gasteiger partial charge on any atom is -0.598 e. The van der Waals surface area contributed by atoms with Gasteiger partial charge in [0.15, 0.2) is 0 Å². The maximum atomic E-state index is 13.6. The Labute approximate surface area is 114 Å². The van der Waals surface area contributed by atoms with Crippen molar-refractivity contribution in [2.45, 2.75) is 31.6 Å². The number of rotatable bonds is 4. The highest BCUT2D eigenvalue weighted by atomic mass is 32.2. The van der Waals surface area contributed by atoms with Crippen LogP contribution in [0.3, 0.4) is 0 Å². The fourth-order valence-electron chi connectivity index (χ4n) is 1.37. The quantitative estimate of drug-likeness (QED) is 0.682. The van der Waals surface area contributed by atoms with E-state index < -0.39 is 45.2 Å². The van der Waals surface area contributed by atoms with Gasteiger partial charge in [0.2, 0.25) is 0 Å². The summed E-state index contributed by atoms with van der Waals surface area (Å²) in [4.78, 5) is 0. The van der Waals surface area contributed by atoms with Crippen LogP contribution >= 0.6 is 0 Å². The fourth-order valence-corrected chi connectivity index (χ4v) is 2.17. The second kappa shape index (κ2) is 5.98. The number of benzene rings is 1. The van der Waals surface area contributed by atoms with Gasteiger partial charge in [-0.2, -0.15) is 0 Å². The third kappa shape index (κ3) is 3.99. The molecule has 0 saturated heterocycles. The Bertz CT molecular complexity index is 450. The summed E-state index contributed by atoms with van der Waals surface area (Å²) in [6.45, 7) is 8.60. The molecule has 1 aromatic rings. The van der Waals surface area contributed by atoms with E-state index in [1.807, 2.05) is 0 Å². The summed E-state index contributed by atoms with van der Waals surface area (Å²) < 4.78 is 54.0. The van der Waals surface area contributed by atoms with Crippen molar-refractivity contribution in [1.29, 1.82) is 0 Å². The summed E-state index contributed by atoms with van der Waals surface area (Å²) in [6, 6.07) is 0.161. The highest BCUT2D eigenvalue weighted by molar-refractivity contribution is 7.90. The molecule has 2 nitrogen and oxygen atoms in total. The highest BCUT2D eigenvalue weighted by Gasteiger charge is 2.31. The van der Waals surface area contributed by atoms with Crippen LogP contribution in [-0.2, 0) is 11.4 Å². The van der Waals surface area contributed by atoms with Crippen LogP contribution in [0.2, 0.25) is 0 Å². The largest absolute Gasteiger partial charge is 0.598 e. The lowest BCUT2D eigenvalue weighted by Gasteiger charge is -2.27. The van der Waals surface area contributed by atoms with Gasteiger partial charge in [-0.05, 0) is 20.8 Å². The smallest absolute Gasteiger partial charge is 0.136 e. The van der Waals surface area contributed by atoms with E-state index in [-0.39, 0.29) is 0 Å². The van der Waals surface area contributed by atoms with Crippen molar-refractivity contribution in [2.75, 3.05) is 0 Å². The lowest BCUT2D eigenvalue weighted by Crippen LogP contribution is -2.41. The van der Waals surface area contributed by atoms with Crippen molar-refractivity contribution < 1.29 is 17.7 Å². The van der Waals surface area contributed by atoms with Crippen LogP contribution in [0.15, 0.2) is 24.8 Å². The van der Waals surface area contributed by atoms with Crippen LogP contribution in [0, 0.1) is 17.5 Å². The van der Waals surface area contributed by atoms with Crippen molar-refractivity contribution in [3.8, 4) is 0 Å². The molecule has 0 aromatic heterocycles. The summed E-state index contributed by atoms with van der Waals surface area (Å²) in [5.74, 6) is -3.08. The molecule has 0 radical (unpaired) electrons. The average molecular weight is 291 g/mol. The molecule has 2 atom stereocenters. The average Bonchev–Trinajstić information content (AvgIpc) is 2.24. The Morgan fingerprint density at radius 1 is 1.26 bits per heavy atom. The molecule has 19 heavy (non-hydrogen) atoms. The van der Waals surface area contributed by atoms with Gasteiger partial charge in [-0.25, -0.2) is 13.2 Å². The van der Waals surface area contributed by atoms with Crippen molar-refractivity contribution in [1.82, 2.24) is 4.72 Å². The first kappa shape index (κ1) is 16.1. The topological polar surface area (TPSA) is 35.1 Å². The van der Waals surface area contributed by atoms with E-state index in [2.05, 4.69) is 11.3 Å². The zero-order valence-electron chi connectivity index (χ0n) is 11.0. The molecule has 1 unspecified atom stereocenters. The lowest BCUT2D eigenvalue weighted by molar-refractivity contribution is 0.500. The molecule has 0 heterocycles. The highest BCUT2D eigenvalue weighted by Crippen LogP contribution is 2.25. The Morgan fingerprint density at radius 2 is 1.74 bits per heavy atom. The predicted octanol–water partition coefficient (Wildman–Crippen LogP) is 3.38. The Balaban J connectivity index is 3.08. The first-order valence-corrected chi connectivity index (χ1v) is 6.77. The minimum absolute atomic E-state index is 0.394. The van der Waals surface area contributed by atoms with Crippen molar-refractivity contribution >= 4 is 11.4 Å². The molecule has 0 aliphatic rings. The molecule has 1 N–H and O–H groups in total. The van der Waals surface area contributed by atoms with Gasteiger partial charge < -0.3 is 4.55 Å². The zero-order valence-corrected chi connectivity index (χ0v) is 11.8. The van der Waals surface area contributed by atoms with Crippen LogP contribution < -0.4 is 4.72 Å². The van der Waals surface area contributed by atoms with Crippen LogP contribution in [0.1, 0.15) is 32.4 Å². The summed E-state index contributed by atoms with van der Waals surface area (Å²) >= 11 is -1.54. The van der Waals surface area contributed by atoms with Gasteiger partial charge in [-0.15, -0.1) is 11.3 Å². The second-order valence-corrected chi connectivity index (χ2v) is 6.99. The van der Waals surface area contributed by atoms with Gasteiger partial charge in [0.1, 0.15) is 28.2 Å². The van der Waals surface area contributed by atoms with Crippen molar-refractivity contribution in [2.24, 2.45) is 0 Å². The van der Waals surface area contributed by atoms with Gasteiger partial charge >= 0.3 is 0 Å². The Hall–Kier alpha value is -0.980. The lowest BCUT2D eigenvalue weighted by atomic mass is 10.1. The van der Waals surface area contributed by atoms with Crippen LogP contribution in [0.4, 0.5) is 13.2 Å². The third-order valence-corrected chi connectivity index (χ3v) is 3.96. The molecule has 1 aromatic carbocycles. The van der Waals surface area contributed by atoms with E-state index in [1.54, 1.807) is 20.8 Å². The SMILES string of the molecule is C=C[C@H](N[S+]([O-])C(C)(C)C)c1c(F)cc(F)cc1F. The van der Waals surface area contributed by atoms with Gasteiger partial charge in [-0.3, -0.25) is 0 Å². The zero-order chi connectivity index (χ0) is 14.8. The maximum absolute atomic E-state index is 13.6. The first-order chi connectivity index (χ1) is 8.66. The van der Waals surface area contributed by atoms with Crippen LogP contribution in [0.25, 0.3) is 0 Å². The summed E-state index contributed by atoms with van der Waals surface area (Å²) in [6.07, 6.45) is 1.23. The maximum Gasteiger partial charge on any atom is 0.136 e. The van der Waals surface area contributed by atoms with E-state index >= 15 is 0 Å². The molecule has 106 valence electrons. The summed E-state index contributed by atoms with van der Waals surface area (Å²) in [5, 5.41) is 0. The monoisotopic (exact) mass is 291 g/mol. The number of halogens is 3. The molecule has 0 saturated carbocycles. The van der Waals surface area contributed by atoms with Crippen molar-refractivity contribution in [3.05, 3.63) is 47.8 Å².